The summed E-state index contributed by atoms with van der Waals surface area (Å²) in [6.45, 7) is 0.649. The quantitative estimate of drug-likeness (QED) is 0.382. The summed E-state index contributed by atoms with van der Waals surface area (Å²) in [6.07, 6.45) is 1.54. The fourth-order valence-electron chi connectivity index (χ4n) is 3.77. The van der Waals surface area contributed by atoms with Crippen LogP contribution in [0.2, 0.25) is 0 Å². The number of hydrogen-bond acceptors (Lipinski definition) is 3. The van der Waals surface area contributed by atoms with Crippen molar-refractivity contribution >= 4 is 5.91 Å². The van der Waals surface area contributed by atoms with Crippen molar-refractivity contribution in [3.63, 3.8) is 0 Å². The van der Waals surface area contributed by atoms with Crippen LogP contribution in [0, 0.1) is 0 Å². The molecule has 31 heavy (non-hydrogen) atoms. The molecule has 0 unspecified atom stereocenters. The van der Waals surface area contributed by atoms with Crippen molar-refractivity contribution in [3.05, 3.63) is 114 Å². The number of nitrogens with zero attached hydrogens (tertiary/aromatic N) is 2. The van der Waals surface area contributed by atoms with E-state index in [2.05, 4.69) is 5.16 Å². The first kappa shape index (κ1) is 20.6. The lowest BCUT2D eigenvalue weighted by Gasteiger charge is -2.24. The molecule has 0 saturated heterocycles. The minimum Gasteiger partial charge on any atom is -0.361 e. The lowest BCUT2D eigenvalue weighted by molar-refractivity contribution is -0.130. The highest BCUT2D eigenvalue weighted by Crippen LogP contribution is 2.27. The van der Waals surface area contributed by atoms with Crippen LogP contribution in [0.3, 0.4) is 0 Å². The number of aryl methyl sites for hydroxylation is 1. The summed E-state index contributed by atoms with van der Waals surface area (Å²) in [7, 11) is 1.87. The molecule has 4 rings (SSSR count). The van der Waals surface area contributed by atoms with E-state index in [1.807, 2.05) is 109 Å². The fourth-order valence-corrected chi connectivity index (χ4v) is 3.77. The predicted molar refractivity (Wildman–Crippen MR) is 123 cm³/mol. The Morgan fingerprint density at radius 3 is 2.00 bits per heavy atom. The van der Waals surface area contributed by atoms with E-state index < -0.39 is 0 Å². The molecule has 4 nitrogen and oxygen atoms in total. The lowest BCUT2D eigenvalue weighted by Crippen LogP contribution is -2.33. The van der Waals surface area contributed by atoms with Crippen molar-refractivity contribution in [1.29, 1.82) is 0 Å². The molecule has 1 amide bonds. The summed E-state index contributed by atoms with van der Waals surface area (Å²) >= 11 is 0. The van der Waals surface area contributed by atoms with Gasteiger partial charge in [0.25, 0.3) is 0 Å². The Morgan fingerprint density at radius 2 is 1.42 bits per heavy atom. The molecule has 0 aliphatic carbocycles. The molecule has 0 bridgehead atoms. The molecule has 0 spiro atoms. The van der Waals surface area contributed by atoms with Gasteiger partial charge < -0.3 is 9.42 Å². The van der Waals surface area contributed by atoms with E-state index in [-0.39, 0.29) is 11.8 Å². The Morgan fingerprint density at radius 1 is 0.871 bits per heavy atom. The molecular weight excluding hydrogens is 384 g/mol. The molecule has 0 N–H and O–H groups in total. The molecule has 0 atom stereocenters. The normalized spacial score (nSPS) is 10.9. The summed E-state index contributed by atoms with van der Waals surface area (Å²) < 4.78 is 5.49. The first-order valence-corrected chi connectivity index (χ1v) is 10.6. The van der Waals surface area contributed by atoms with Crippen molar-refractivity contribution in [3.8, 4) is 11.3 Å². The zero-order valence-corrected chi connectivity index (χ0v) is 17.6. The van der Waals surface area contributed by atoms with Gasteiger partial charge in [0, 0.05) is 31.6 Å². The average Bonchev–Trinajstić information content (AvgIpc) is 3.30. The van der Waals surface area contributed by atoms with Gasteiger partial charge in [0.2, 0.25) is 5.91 Å². The summed E-state index contributed by atoms with van der Waals surface area (Å²) in [5, 5.41) is 4.17. The predicted octanol–water partition coefficient (Wildman–Crippen LogP) is 5.56. The summed E-state index contributed by atoms with van der Waals surface area (Å²) in [5.74, 6) is 0.629. The number of aromatic nitrogens is 1. The van der Waals surface area contributed by atoms with Crippen LogP contribution in [-0.4, -0.2) is 29.6 Å². The highest BCUT2D eigenvalue weighted by Gasteiger charge is 2.25. The molecular formula is C27H26N2O2. The fraction of sp³-hybridized carbons (Fsp3) is 0.185. The van der Waals surface area contributed by atoms with Crippen molar-refractivity contribution < 1.29 is 9.32 Å². The summed E-state index contributed by atoms with van der Waals surface area (Å²) in [6, 6.07) is 31.9. The number of benzene rings is 3. The molecule has 0 aliphatic heterocycles. The molecule has 0 aliphatic rings. The van der Waals surface area contributed by atoms with E-state index in [9.17, 15) is 4.79 Å². The first-order valence-electron chi connectivity index (χ1n) is 10.6. The SMILES string of the molecule is CN(CCCc1cc(-c2ccccc2)no1)C(=O)C(c1ccccc1)c1ccccc1. The molecule has 0 fully saturated rings. The number of carbonyl (C=O) groups is 1. The lowest BCUT2D eigenvalue weighted by atomic mass is 9.90. The largest absolute Gasteiger partial charge is 0.361 e. The third kappa shape index (κ3) is 5.10. The summed E-state index contributed by atoms with van der Waals surface area (Å²) in [5.41, 5.74) is 3.90. The second-order valence-electron chi connectivity index (χ2n) is 7.66. The maximum Gasteiger partial charge on any atom is 0.234 e. The van der Waals surface area contributed by atoms with Crippen LogP contribution in [-0.2, 0) is 11.2 Å². The van der Waals surface area contributed by atoms with Gasteiger partial charge in [-0.1, -0.05) is 96.2 Å². The van der Waals surface area contributed by atoms with Gasteiger partial charge >= 0.3 is 0 Å². The standard InChI is InChI=1S/C27H26N2O2/c1-29(19-11-18-24-20-25(28-31-24)21-12-5-2-6-13-21)27(30)26(22-14-7-3-8-15-22)23-16-9-4-10-17-23/h2-10,12-17,20,26H,11,18-19H2,1H3. The molecule has 1 aromatic heterocycles. The minimum atomic E-state index is -0.303. The first-order chi connectivity index (χ1) is 15.2. The van der Waals surface area contributed by atoms with Crippen molar-refractivity contribution in [2.75, 3.05) is 13.6 Å². The Labute approximate surface area is 183 Å². The van der Waals surface area contributed by atoms with Crippen molar-refractivity contribution in [2.24, 2.45) is 0 Å². The van der Waals surface area contributed by atoms with E-state index in [0.29, 0.717) is 6.54 Å². The number of carbonyl (C=O) groups excluding carboxylic acids is 1. The monoisotopic (exact) mass is 410 g/mol. The van der Waals surface area contributed by atoms with Crippen LogP contribution in [0.25, 0.3) is 11.3 Å². The number of rotatable bonds is 8. The zero-order chi connectivity index (χ0) is 21.5. The maximum atomic E-state index is 13.4. The van der Waals surface area contributed by atoms with E-state index >= 15 is 0 Å². The summed E-state index contributed by atoms with van der Waals surface area (Å²) in [4.78, 5) is 15.2. The van der Waals surface area contributed by atoms with Crippen LogP contribution in [0.1, 0.15) is 29.2 Å². The van der Waals surface area contributed by atoms with Crippen LogP contribution in [0.15, 0.2) is 102 Å². The minimum absolute atomic E-state index is 0.0972. The highest BCUT2D eigenvalue weighted by atomic mass is 16.5. The Kier molecular flexibility index (Phi) is 6.58. The van der Waals surface area contributed by atoms with Crippen LogP contribution < -0.4 is 0 Å². The molecule has 4 aromatic rings. The maximum absolute atomic E-state index is 13.4. The van der Waals surface area contributed by atoms with Gasteiger partial charge in [-0.25, -0.2) is 0 Å². The average molecular weight is 411 g/mol. The van der Waals surface area contributed by atoms with Crippen LogP contribution >= 0.6 is 0 Å². The smallest absolute Gasteiger partial charge is 0.234 e. The number of hydrogen-bond donors (Lipinski definition) is 0. The molecule has 4 heteroatoms. The molecule has 0 radical (unpaired) electrons. The second kappa shape index (κ2) is 9.90. The van der Waals surface area contributed by atoms with Gasteiger partial charge in [-0.2, -0.15) is 0 Å². The number of amides is 1. The topological polar surface area (TPSA) is 46.3 Å². The Bertz CT molecular complexity index is 1050. The number of likely N-dealkylation sites (N-methyl/N-ethyl adjacent to an activating group) is 1. The van der Waals surface area contributed by atoms with Gasteiger partial charge in [0.1, 0.15) is 11.5 Å². The molecule has 1 heterocycles. The molecule has 156 valence electrons. The molecule has 3 aromatic carbocycles. The van der Waals surface area contributed by atoms with Gasteiger partial charge in [-0.05, 0) is 17.5 Å². The van der Waals surface area contributed by atoms with Crippen LogP contribution in [0.5, 0.6) is 0 Å². The van der Waals surface area contributed by atoms with Crippen molar-refractivity contribution in [1.82, 2.24) is 10.1 Å². The van der Waals surface area contributed by atoms with Gasteiger partial charge in [0.15, 0.2) is 0 Å². The highest BCUT2D eigenvalue weighted by molar-refractivity contribution is 5.87. The van der Waals surface area contributed by atoms with E-state index in [1.165, 1.54) is 0 Å². The molecule has 0 saturated carbocycles. The third-order valence-corrected chi connectivity index (χ3v) is 5.43. The van der Waals surface area contributed by atoms with E-state index in [1.54, 1.807) is 0 Å². The Balaban J connectivity index is 1.40. The van der Waals surface area contributed by atoms with Gasteiger partial charge in [-0.15, -0.1) is 0 Å². The van der Waals surface area contributed by atoms with E-state index in [4.69, 9.17) is 4.52 Å². The van der Waals surface area contributed by atoms with Crippen LogP contribution in [0.4, 0.5) is 0 Å². The van der Waals surface area contributed by atoms with Gasteiger partial charge in [0.05, 0.1) is 5.92 Å². The van der Waals surface area contributed by atoms with Gasteiger partial charge in [-0.3, -0.25) is 4.79 Å². The Hall–Kier alpha value is -3.66. The second-order valence-corrected chi connectivity index (χ2v) is 7.66. The van der Waals surface area contributed by atoms with Crippen molar-refractivity contribution in [2.45, 2.75) is 18.8 Å². The third-order valence-electron chi connectivity index (χ3n) is 5.43. The zero-order valence-electron chi connectivity index (χ0n) is 17.6. The van der Waals surface area contributed by atoms with E-state index in [0.717, 1.165) is 41.0 Å².